The van der Waals surface area contributed by atoms with Crippen molar-refractivity contribution in [2.75, 3.05) is 17.2 Å². The maximum atomic E-state index is 12.7. The zero-order chi connectivity index (χ0) is 15.1. The normalized spacial score (nSPS) is 19.4. The van der Waals surface area contributed by atoms with E-state index < -0.39 is 29.5 Å². The molecule has 5 nitrogen and oxygen atoms in total. The molecule has 1 unspecified atom stereocenters. The first-order chi connectivity index (χ1) is 9.20. The van der Waals surface area contributed by atoms with Gasteiger partial charge < -0.3 is 16.4 Å². The molecule has 0 radical (unpaired) electrons. The van der Waals surface area contributed by atoms with Gasteiger partial charge in [0.05, 0.1) is 22.9 Å². The number of nitrogen functional groups attached to an aromatic ring is 1. The van der Waals surface area contributed by atoms with Crippen molar-refractivity contribution in [1.29, 1.82) is 0 Å². The third-order valence-electron chi connectivity index (χ3n) is 3.18. The van der Waals surface area contributed by atoms with Crippen LogP contribution in [0.1, 0.15) is 12.0 Å². The Morgan fingerprint density at radius 1 is 1.35 bits per heavy atom. The molecule has 1 saturated heterocycles. The van der Waals surface area contributed by atoms with Gasteiger partial charge >= 0.3 is 6.18 Å². The number of anilines is 2. The first-order valence-electron chi connectivity index (χ1n) is 5.76. The highest BCUT2D eigenvalue weighted by Gasteiger charge is 2.37. The van der Waals surface area contributed by atoms with Gasteiger partial charge in [-0.1, -0.05) is 0 Å². The number of nitrogens with zero attached hydrogens (tertiary/aromatic N) is 1. The molecule has 0 spiro atoms. The summed E-state index contributed by atoms with van der Waals surface area (Å²) in [5.74, 6) is -1.84. The van der Waals surface area contributed by atoms with E-state index in [4.69, 9.17) is 11.5 Å². The summed E-state index contributed by atoms with van der Waals surface area (Å²) in [5.41, 5.74) is 9.81. The molecular formula is C12H12F3N3O2. The smallest absolute Gasteiger partial charge is 0.397 e. The van der Waals surface area contributed by atoms with Crippen molar-refractivity contribution in [3.63, 3.8) is 0 Å². The fourth-order valence-corrected chi connectivity index (χ4v) is 2.08. The van der Waals surface area contributed by atoms with Gasteiger partial charge in [0.1, 0.15) is 0 Å². The topological polar surface area (TPSA) is 89.4 Å². The first kappa shape index (κ1) is 14.2. The molecule has 108 valence electrons. The van der Waals surface area contributed by atoms with Crippen LogP contribution in [-0.4, -0.2) is 18.4 Å². The molecule has 0 aromatic heterocycles. The molecule has 20 heavy (non-hydrogen) atoms. The van der Waals surface area contributed by atoms with E-state index in [9.17, 15) is 22.8 Å². The third kappa shape index (κ3) is 2.54. The van der Waals surface area contributed by atoms with Gasteiger partial charge in [0, 0.05) is 13.0 Å². The van der Waals surface area contributed by atoms with E-state index in [1.807, 2.05) is 0 Å². The molecule has 0 aliphatic carbocycles. The van der Waals surface area contributed by atoms with Crippen molar-refractivity contribution in [2.24, 2.45) is 11.7 Å². The van der Waals surface area contributed by atoms with E-state index in [-0.39, 0.29) is 24.3 Å². The van der Waals surface area contributed by atoms with Crippen molar-refractivity contribution in [2.45, 2.75) is 12.6 Å². The Labute approximate surface area is 112 Å². The van der Waals surface area contributed by atoms with Crippen molar-refractivity contribution in [1.82, 2.24) is 0 Å². The summed E-state index contributed by atoms with van der Waals surface area (Å²) in [6.45, 7) is -0.0559. The van der Waals surface area contributed by atoms with Gasteiger partial charge in [0.25, 0.3) is 0 Å². The average Bonchev–Trinajstić information content (AvgIpc) is 2.70. The monoisotopic (exact) mass is 287 g/mol. The molecule has 1 aromatic carbocycles. The maximum absolute atomic E-state index is 12.7. The Hall–Kier alpha value is -2.25. The highest BCUT2D eigenvalue weighted by molar-refractivity contribution is 6.02. The standard InChI is InChI=1S/C12H12F3N3O2/c13-12(14,15)7-1-2-8(16)9(4-7)18-5-6(11(17)20)3-10(18)19/h1-2,4,6H,3,5,16H2,(H2,17,20). The number of halogens is 3. The fourth-order valence-electron chi connectivity index (χ4n) is 2.08. The van der Waals surface area contributed by atoms with Crippen molar-refractivity contribution in [3.8, 4) is 0 Å². The molecule has 8 heteroatoms. The number of benzene rings is 1. The van der Waals surface area contributed by atoms with Crippen LogP contribution >= 0.6 is 0 Å². The summed E-state index contributed by atoms with van der Waals surface area (Å²) < 4.78 is 38.0. The molecule has 1 heterocycles. The number of nitrogens with two attached hydrogens (primary N) is 2. The molecular weight excluding hydrogens is 275 g/mol. The van der Waals surface area contributed by atoms with E-state index in [0.717, 1.165) is 23.1 Å². The molecule has 0 saturated carbocycles. The molecule has 0 bridgehead atoms. The summed E-state index contributed by atoms with van der Waals surface area (Å²) >= 11 is 0. The Morgan fingerprint density at radius 3 is 2.50 bits per heavy atom. The second-order valence-corrected chi connectivity index (χ2v) is 4.58. The molecule has 4 N–H and O–H groups in total. The number of carbonyl (C=O) groups excluding carboxylic acids is 2. The van der Waals surface area contributed by atoms with Crippen LogP contribution in [0.2, 0.25) is 0 Å². The van der Waals surface area contributed by atoms with Crippen molar-refractivity contribution < 1.29 is 22.8 Å². The second-order valence-electron chi connectivity index (χ2n) is 4.58. The minimum absolute atomic E-state index is 0.0384. The summed E-state index contributed by atoms with van der Waals surface area (Å²) in [4.78, 5) is 23.9. The summed E-state index contributed by atoms with van der Waals surface area (Å²) in [7, 11) is 0. The molecule has 1 atom stereocenters. The van der Waals surface area contributed by atoms with E-state index in [0.29, 0.717) is 0 Å². The van der Waals surface area contributed by atoms with Gasteiger partial charge in [-0.25, -0.2) is 0 Å². The summed E-state index contributed by atoms with van der Waals surface area (Å²) in [5, 5.41) is 0. The number of hydrogen-bond acceptors (Lipinski definition) is 3. The van der Waals surface area contributed by atoms with Gasteiger partial charge in [-0.2, -0.15) is 13.2 Å². The lowest BCUT2D eigenvalue weighted by Gasteiger charge is -2.20. The van der Waals surface area contributed by atoms with Crippen LogP contribution in [0.3, 0.4) is 0 Å². The number of carbonyl (C=O) groups is 2. The second kappa shape index (κ2) is 4.69. The number of rotatable bonds is 2. The highest BCUT2D eigenvalue weighted by atomic mass is 19.4. The lowest BCUT2D eigenvalue weighted by Crippen LogP contribution is -2.29. The zero-order valence-corrected chi connectivity index (χ0v) is 10.3. The molecule has 2 amide bonds. The highest BCUT2D eigenvalue weighted by Crippen LogP contribution is 2.36. The van der Waals surface area contributed by atoms with Crippen LogP contribution in [-0.2, 0) is 15.8 Å². The van der Waals surface area contributed by atoms with E-state index >= 15 is 0 Å². The van der Waals surface area contributed by atoms with Crippen molar-refractivity contribution in [3.05, 3.63) is 23.8 Å². The van der Waals surface area contributed by atoms with E-state index in [2.05, 4.69) is 0 Å². The van der Waals surface area contributed by atoms with Gasteiger partial charge in [-0.3, -0.25) is 9.59 Å². The van der Waals surface area contributed by atoms with Crippen LogP contribution in [0.15, 0.2) is 18.2 Å². The Bertz CT molecular complexity index is 572. The SMILES string of the molecule is NC(=O)C1CC(=O)N(c2cc(C(F)(F)F)ccc2N)C1. The molecule has 1 aliphatic rings. The van der Waals surface area contributed by atoms with Crippen LogP contribution in [0.5, 0.6) is 0 Å². The molecule has 1 aliphatic heterocycles. The maximum Gasteiger partial charge on any atom is 0.416 e. The van der Waals surface area contributed by atoms with Gasteiger partial charge in [0.2, 0.25) is 11.8 Å². The van der Waals surface area contributed by atoms with Crippen LogP contribution in [0, 0.1) is 5.92 Å². The molecule has 1 fully saturated rings. The van der Waals surface area contributed by atoms with Crippen LogP contribution < -0.4 is 16.4 Å². The quantitative estimate of drug-likeness (QED) is 0.799. The summed E-state index contributed by atoms with van der Waals surface area (Å²) in [6.07, 6.45) is -4.65. The zero-order valence-electron chi connectivity index (χ0n) is 10.3. The number of hydrogen-bond donors (Lipinski definition) is 2. The van der Waals surface area contributed by atoms with Gasteiger partial charge in [-0.05, 0) is 18.2 Å². The fraction of sp³-hybridized carbons (Fsp3) is 0.333. The van der Waals surface area contributed by atoms with E-state index in [1.165, 1.54) is 0 Å². The summed E-state index contributed by atoms with van der Waals surface area (Å²) in [6, 6.07) is 2.73. The predicted molar refractivity (Wildman–Crippen MR) is 65.5 cm³/mol. The molecule has 1 aromatic rings. The lowest BCUT2D eigenvalue weighted by atomic mass is 10.1. The Kier molecular flexibility index (Phi) is 3.33. The minimum Gasteiger partial charge on any atom is -0.397 e. The third-order valence-corrected chi connectivity index (χ3v) is 3.18. The van der Waals surface area contributed by atoms with Gasteiger partial charge in [-0.15, -0.1) is 0 Å². The molecule has 2 rings (SSSR count). The van der Waals surface area contributed by atoms with Crippen LogP contribution in [0.4, 0.5) is 24.5 Å². The number of primary amides is 1. The predicted octanol–water partition coefficient (Wildman–Crippen LogP) is 1.13. The average molecular weight is 287 g/mol. The number of alkyl halides is 3. The largest absolute Gasteiger partial charge is 0.416 e. The first-order valence-corrected chi connectivity index (χ1v) is 5.76. The van der Waals surface area contributed by atoms with Crippen LogP contribution in [0.25, 0.3) is 0 Å². The van der Waals surface area contributed by atoms with E-state index in [1.54, 1.807) is 0 Å². The lowest BCUT2D eigenvalue weighted by molar-refractivity contribution is -0.137. The Balaban J connectivity index is 2.38. The van der Waals surface area contributed by atoms with Gasteiger partial charge in [0.15, 0.2) is 0 Å². The minimum atomic E-state index is -4.53. The van der Waals surface area contributed by atoms with Crippen molar-refractivity contribution >= 4 is 23.2 Å². The number of amides is 2. The Morgan fingerprint density at radius 2 is 2.00 bits per heavy atom.